The van der Waals surface area contributed by atoms with Crippen LogP contribution in [0.1, 0.15) is 22.3 Å². The highest BCUT2D eigenvalue weighted by Crippen LogP contribution is 2.26. The lowest BCUT2D eigenvalue weighted by molar-refractivity contribution is 0.0926. The van der Waals surface area contributed by atoms with Gasteiger partial charge < -0.3 is 14.8 Å². The highest BCUT2D eigenvalue weighted by Gasteiger charge is 2.34. The number of aryl methyl sites for hydroxylation is 1. The molecule has 25 heavy (non-hydrogen) atoms. The van der Waals surface area contributed by atoms with Crippen molar-refractivity contribution in [3.8, 4) is 5.75 Å². The molecule has 0 unspecified atom stereocenters. The lowest BCUT2D eigenvalue weighted by Gasteiger charge is -2.22. The van der Waals surface area contributed by atoms with E-state index in [0.717, 1.165) is 24.2 Å². The van der Waals surface area contributed by atoms with Gasteiger partial charge in [0.1, 0.15) is 5.75 Å². The molecular formula is C17H24N2O5S. The quantitative estimate of drug-likeness (QED) is 0.825. The maximum atomic E-state index is 12.6. The third kappa shape index (κ3) is 4.13. The fraction of sp³-hybridized carbons (Fsp3) is 0.588. The Bertz CT molecular complexity index is 747. The largest absolute Gasteiger partial charge is 0.493 e. The lowest BCUT2D eigenvalue weighted by atomic mass is 10.0. The van der Waals surface area contributed by atoms with E-state index in [-0.39, 0.29) is 23.6 Å². The molecule has 1 saturated heterocycles. The van der Waals surface area contributed by atoms with Crippen LogP contribution in [0.5, 0.6) is 5.75 Å². The zero-order valence-electron chi connectivity index (χ0n) is 14.5. The molecule has 0 spiro atoms. The van der Waals surface area contributed by atoms with Crippen molar-refractivity contribution >= 4 is 15.9 Å². The van der Waals surface area contributed by atoms with Gasteiger partial charge in [-0.25, -0.2) is 12.7 Å². The molecule has 0 aromatic heterocycles. The van der Waals surface area contributed by atoms with E-state index in [1.54, 1.807) is 6.07 Å². The van der Waals surface area contributed by atoms with Crippen molar-refractivity contribution < 1.29 is 22.7 Å². The summed E-state index contributed by atoms with van der Waals surface area (Å²) in [4.78, 5) is 12.6. The number of rotatable bonds is 5. The zero-order chi connectivity index (χ0) is 18.0. The first kappa shape index (κ1) is 18.2. The number of fused-ring (bicyclic) bond motifs is 1. The van der Waals surface area contributed by atoms with Crippen LogP contribution in [-0.4, -0.2) is 64.3 Å². The van der Waals surface area contributed by atoms with Crippen molar-refractivity contribution in [1.29, 1.82) is 0 Å². The highest BCUT2D eigenvalue weighted by atomic mass is 32.2. The average Bonchev–Trinajstić information content (AvgIpc) is 3.00. The SMILES string of the molecule is CN(C)S(=O)(=O)C[C@@H]1COC[C@H]1NC(=O)c1ccc2c(c1)CCCO2. The Hall–Kier alpha value is -1.64. The summed E-state index contributed by atoms with van der Waals surface area (Å²) in [5, 5.41) is 2.93. The molecule has 1 amide bonds. The molecule has 1 N–H and O–H groups in total. The summed E-state index contributed by atoms with van der Waals surface area (Å²) in [6.07, 6.45) is 1.84. The standard InChI is InChI=1S/C17H24N2O5S/c1-19(2)25(21,22)11-14-9-23-10-15(14)18-17(20)13-5-6-16-12(8-13)4-3-7-24-16/h5-6,8,14-15H,3-4,7,9-11H2,1-2H3,(H,18,20)/t14-,15+/m0/s1. The first-order valence-corrected chi connectivity index (χ1v) is 10.0. The van der Waals surface area contributed by atoms with Gasteiger partial charge in [0.15, 0.2) is 0 Å². The average molecular weight is 368 g/mol. The van der Waals surface area contributed by atoms with Crippen LogP contribution in [0, 0.1) is 5.92 Å². The minimum absolute atomic E-state index is 0.0387. The van der Waals surface area contributed by atoms with E-state index in [4.69, 9.17) is 9.47 Å². The molecule has 2 heterocycles. The van der Waals surface area contributed by atoms with Crippen LogP contribution in [0.25, 0.3) is 0 Å². The van der Waals surface area contributed by atoms with Crippen LogP contribution < -0.4 is 10.1 Å². The zero-order valence-corrected chi connectivity index (χ0v) is 15.3. The molecular weight excluding hydrogens is 344 g/mol. The molecule has 2 aliphatic heterocycles. The predicted molar refractivity (Wildman–Crippen MR) is 93.3 cm³/mol. The molecule has 0 radical (unpaired) electrons. The monoisotopic (exact) mass is 368 g/mol. The maximum absolute atomic E-state index is 12.6. The van der Waals surface area contributed by atoms with Crippen molar-refractivity contribution in [2.45, 2.75) is 18.9 Å². The summed E-state index contributed by atoms with van der Waals surface area (Å²) >= 11 is 0. The topological polar surface area (TPSA) is 84.9 Å². The first-order chi connectivity index (χ1) is 11.9. The number of ether oxygens (including phenoxy) is 2. The number of carbonyl (C=O) groups excluding carboxylic acids is 1. The summed E-state index contributed by atoms with van der Waals surface area (Å²) in [5.41, 5.74) is 1.60. The molecule has 1 aromatic carbocycles. The van der Waals surface area contributed by atoms with E-state index in [0.29, 0.717) is 25.4 Å². The Labute approximate surface area is 148 Å². The maximum Gasteiger partial charge on any atom is 0.251 e. The van der Waals surface area contributed by atoms with Crippen LogP contribution in [-0.2, 0) is 21.2 Å². The summed E-state index contributed by atoms with van der Waals surface area (Å²) < 4.78 is 36.4. The number of carbonyl (C=O) groups is 1. The normalized spacial score (nSPS) is 23.2. The van der Waals surface area contributed by atoms with E-state index in [1.807, 2.05) is 12.1 Å². The van der Waals surface area contributed by atoms with Gasteiger partial charge in [0.05, 0.1) is 31.6 Å². The summed E-state index contributed by atoms with van der Waals surface area (Å²) in [6, 6.07) is 5.10. The van der Waals surface area contributed by atoms with Crippen molar-refractivity contribution in [2.24, 2.45) is 5.92 Å². The molecule has 2 atom stereocenters. The number of sulfonamides is 1. The number of nitrogens with zero attached hydrogens (tertiary/aromatic N) is 1. The van der Waals surface area contributed by atoms with Crippen molar-refractivity contribution in [3.05, 3.63) is 29.3 Å². The summed E-state index contributed by atoms with van der Waals surface area (Å²) in [6.45, 7) is 1.36. The van der Waals surface area contributed by atoms with Crippen LogP contribution in [0.3, 0.4) is 0 Å². The van der Waals surface area contributed by atoms with Gasteiger partial charge >= 0.3 is 0 Å². The Balaban J connectivity index is 1.67. The number of amides is 1. The van der Waals surface area contributed by atoms with E-state index in [1.165, 1.54) is 18.4 Å². The van der Waals surface area contributed by atoms with Crippen LogP contribution in [0.4, 0.5) is 0 Å². The number of nitrogens with one attached hydrogen (secondary N) is 1. The minimum Gasteiger partial charge on any atom is -0.493 e. The fourth-order valence-corrected chi connectivity index (χ4v) is 4.26. The third-order valence-electron chi connectivity index (χ3n) is 4.67. The van der Waals surface area contributed by atoms with Gasteiger partial charge in [-0.1, -0.05) is 0 Å². The predicted octanol–water partition coefficient (Wildman–Crippen LogP) is 0.648. The van der Waals surface area contributed by atoms with Gasteiger partial charge in [-0.3, -0.25) is 4.79 Å². The van der Waals surface area contributed by atoms with Gasteiger partial charge in [0.25, 0.3) is 5.91 Å². The van der Waals surface area contributed by atoms with Gasteiger partial charge in [-0.2, -0.15) is 0 Å². The molecule has 8 heteroatoms. The van der Waals surface area contributed by atoms with Crippen molar-refractivity contribution in [2.75, 3.05) is 39.7 Å². The molecule has 0 bridgehead atoms. The molecule has 7 nitrogen and oxygen atoms in total. The van der Waals surface area contributed by atoms with Gasteiger partial charge in [0, 0.05) is 25.6 Å². The third-order valence-corrected chi connectivity index (χ3v) is 6.63. The van der Waals surface area contributed by atoms with Gasteiger partial charge in [-0.05, 0) is 36.6 Å². The molecule has 1 fully saturated rings. The first-order valence-electron chi connectivity index (χ1n) is 8.41. The Kier molecular flexibility index (Phi) is 5.31. The molecule has 0 aliphatic carbocycles. The molecule has 138 valence electrons. The molecule has 2 aliphatic rings. The van der Waals surface area contributed by atoms with Crippen LogP contribution in [0.2, 0.25) is 0 Å². The van der Waals surface area contributed by atoms with Gasteiger partial charge in [-0.15, -0.1) is 0 Å². The van der Waals surface area contributed by atoms with E-state index < -0.39 is 10.0 Å². The number of hydrogen-bond acceptors (Lipinski definition) is 5. The van der Waals surface area contributed by atoms with Crippen molar-refractivity contribution in [1.82, 2.24) is 9.62 Å². The summed E-state index contributed by atoms with van der Waals surface area (Å²) in [7, 11) is -0.326. The summed E-state index contributed by atoms with van der Waals surface area (Å²) in [5.74, 6) is 0.332. The second-order valence-electron chi connectivity index (χ2n) is 6.71. The van der Waals surface area contributed by atoms with E-state index in [2.05, 4.69) is 5.32 Å². The molecule has 3 rings (SSSR count). The van der Waals surface area contributed by atoms with Crippen LogP contribution in [0.15, 0.2) is 18.2 Å². The Morgan fingerprint density at radius 2 is 2.12 bits per heavy atom. The van der Waals surface area contributed by atoms with Crippen molar-refractivity contribution in [3.63, 3.8) is 0 Å². The fourth-order valence-electron chi connectivity index (χ4n) is 3.10. The smallest absolute Gasteiger partial charge is 0.251 e. The Morgan fingerprint density at radius 3 is 2.88 bits per heavy atom. The second kappa shape index (κ2) is 7.31. The van der Waals surface area contributed by atoms with E-state index in [9.17, 15) is 13.2 Å². The minimum atomic E-state index is -3.34. The lowest BCUT2D eigenvalue weighted by Crippen LogP contribution is -2.43. The molecule has 0 saturated carbocycles. The Morgan fingerprint density at radius 1 is 1.32 bits per heavy atom. The molecule has 1 aromatic rings. The highest BCUT2D eigenvalue weighted by molar-refractivity contribution is 7.89. The van der Waals surface area contributed by atoms with Crippen LogP contribution >= 0.6 is 0 Å². The number of benzene rings is 1. The number of hydrogen-bond donors (Lipinski definition) is 1. The van der Waals surface area contributed by atoms with Gasteiger partial charge in [0.2, 0.25) is 10.0 Å². The second-order valence-corrected chi connectivity index (χ2v) is 8.94. The van der Waals surface area contributed by atoms with E-state index >= 15 is 0 Å².